The van der Waals surface area contributed by atoms with E-state index in [-0.39, 0.29) is 0 Å². The molecule has 2 aromatic rings. The number of aromatic nitrogens is 2. The Morgan fingerprint density at radius 2 is 2.47 bits per heavy atom. The summed E-state index contributed by atoms with van der Waals surface area (Å²) in [5.74, 6) is 1.98. The number of nitrogens with zero attached hydrogens (tertiary/aromatic N) is 3. The zero-order chi connectivity index (χ0) is 13.1. The number of nitrogens with two attached hydrogens (primary N) is 1. The molecule has 5 nitrogen and oxygen atoms in total. The third-order valence-electron chi connectivity index (χ3n) is 3.54. The molecule has 0 aliphatic carbocycles. The lowest BCUT2D eigenvalue weighted by Gasteiger charge is -2.30. The second kappa shape index (κ2) is 5.81. The van der Waals surface area contributed by atoms with Crippen LogP contribution in [0.4, 0.5) is 0 Å². The average molecular weight is 278 g/mol. The molecule has 6 heteroatoms. The molecule has 1 aliphatic heterocycles. The van der Waals surface area contributed by atoms with E-state index in [1.54, 1.807) is 11.3 Å². The Balaban J connectivity index is 1.64. The summed E-state index contributed by atoms with van der Waals surface area (Å²) < 4.78 is 5.33. The Bertz CT molecular complexity index is 510. The van der Waals surface area contributed by atoms with E-state index in [0.29, 0.717) is 17.6 Å². The second-order valence-corrected chi connectivity index (χ2v) is 5.78. The fraction of sp³-hybridized carbons (Fsp3) is 0.538. The van der Waals surface area contributed by atoms with Crippen LogP contribution < -0.4 is 5.73 Å². The maximum absolute atomic E-state index is 5.75. The standard InChI is InChI=1S/C13H18N4OS/c14-6-10-2-1-4-17(7-10)8-12-15-13(16-18-12)11-3-5-19-9-11/h3,5,9-10H,1-2,4,6-8,14H2. The normalized spacial score (nSPS) is 20.8. The molecule has 1 unspecified atom stereocenters. The first kappa shape index (κ1) is 12.8. The SMILES string of the molecule is NCC1CCCN(Cc2nc(-c3ccsc3)no2)C1. The Morgan fingerprint density at radius 3 is 3.26 bits per heavy atom. The number of hydrogen-bond acceptors (Lipinski definition) is 6. The first-order valence-electron chi connectivity index (χ1n) is 6.62. The van der Waals surface area contributed by atoms with Crippen LogP contribution in [-0.4, -0.2) is 34.7 Å². The summed E-state index contributed by atoms with van der Waals surface area (Å²) in [5, 5.41) is 8.08. The van der Waals surface area contributed by atoms with Crippen LogP contribution in [0.25, 0.3) is 11.4 Å². The molecule has 2 aromatic heterocycles. The van der Waals surface area contributed by atoms with Gasteiger partial charge >= 0.3 is 0 Å². The Kier molecular flexibility index (Phi) is 3.91. The summed E-state index contributed by atoms with van der Waals surface area (Å²) in [6, 6.07) is 2.00. The molecule has 1 aliphatic rings. The van der Waals surface area contributed by atoms with Gasteiger partial charge in [-0.3, -0.25) is 4.90 Å². The van der Waals surface area contributed by atoms with Crippen molar-refractivity contribution in [1.29, 1.82) is 0 Å². The maximum atomic E-state index is 5.75. The summed E-state index contributed by atoms with van der Waals surface area (Å²) >= 11 is 1.64. The molecule has 0 saturated carbocycles. The van der Waals surface area contributed by atoms with Crippen LogP contribution in [0, 0.1) is 5.92 Å². The van der Waals surface area contributed by atoms with Crippen molar-refractivity contribution >= 4 is 11.3 Å². The minimum absolute atomic E-state index is 0.605. The Labute approximate surface area is 116 Å². The summed E-state index contributed by atoms with van der Waals surface area (Å²) in [6.07, 6.45) is 2.43. The van der Waals surface area contributed by atoms with Crippen molar-refractivity contribution in [3.05, 3.63) is 22.7 Å². The van der Waals surface area contributed by atoms with Crippen LogP contribution in [0.3, 0.4) is 0 Å². The predicted octanol–water partition coefficient (Wildman–Crippen LogP) is 1.97. The third kappa shape index (κ3) is 3.02. The minimum Gasteiger partial charge on any atom is -0.338 e. The fourth-order valence-electron chi connectivity index (χ4n) is 2.51. The Hall–Kier alpha value is -1.24. The predicted molar refractivity (Wildman–Crippen MR) is 74.7 cm³/mol. The highest BCUT2D eigenvalue weighted by Crippen LogP contribution is 2.21. The molecule has 19 heavy (non-hydrogen) atoms. The van der Waals surface area contributed by atoms with Gasteiger partial charge in [0.25, 0.3) is 0 Å². The van der Waals surface area contributed by atoms with Crippen molar-refractivity contribution in [1.82, 2.24) is 15.0 Å². The molecule has 0 bridgehead atoms. The highest BCUT2D eigenvalue weighted by atomic mass is 32.1. The molecule has 3 rings (SSSR count). The molecule has 2 N–H and O–H groups in total. The van der Waals surface area contributed by atoms with Gasteiger partial charge in [0.1, 0.15) is 0 Å². The van der Waals surface area contributed by atoms with Crippen molar-refractivity contribution in [2.24, 2.45) is 11.7 Å². The third-order valence-corrected chi connectivity index (χ3v) is 4.23. The van der Waals surface area contributed by atoms with Crippen LogP contribution in [0.1, 0.15) is 18.7 Å². The van der Waals surface area contributed by atoms with Gasteiger partial charge in [-0.15, -0.1) is 0 Å². The van der Waals surface area contributed by atoms with E-state index >= 15 is 0 Å². The molecule has 102 valence electrons. The quantitative estimate of drug-likeness (QED) is 0.926. The molecule has 1 saturated heterocycles. The van der Waals surface area contributed by atoms with Gasteiger partial charge < -0.3 is 10.3 Å². The van der Waals surface area contributed by atoms with E-state index in [2.05, 4.69) is 15.0 Å². The molecular weight excluding hydrogens is 260 g/mol. The first-order valence-corrected chi connectivity index (χ1v) is 7.57. The fourth-order valence-corrected chi connectivity index (χ4v) is 3.14. The molecular formula is C13H18N4OS. The first-order chi connectivity index (χ1) is 9.35. The largest absolute Gasteiger partial charge is 0.338 e. The molecule has 0 radical (unpaired) electrons. The highest BCUT2D eigenvalue weighted by molar-refractivity contribution is 7.08. The van der Waals surface area contributed by atoms with E-state index in [0.717, 1.165) is 31.7 Å². The lowest BCUT2D eigenvalue weighted by molar-refractivity contribution is 0.153. The lowest BCUT2D eigenvalue weighted by atomic mass is 9.98. The number of piperidine rings is 1. The number of thiophene rings is 1. The monoisotopic (exact) mass is 278 g/mol. The topological polar surface area (TPSA) is 68.2 Å². The van der Waals surface area contributed by atoms with Crippen molar-refractivity contribution in [3.8, 4) is 11.4 Å². The average Bonchev–Trinajstić information content (AvgIpc) is 3.09. The molecule has 0 aromatic carbocycles. The zero-order valence-corrected chi connectivity index (χ0v) is 11.6. The van der Waals surface area contributed by atoms with Crippen molar-refractivity contribution in [2.75, 3.05) is 19.6 Å². The van der Waals surface area contributed by atoms with E-state index < -0.39 is 0 Å². The van der Waals surface area contributed by atoms with Crippen molar-refractivity contribution < 1.29 is 4.52 Å². The molecule has 3 heterocycles. The zero-order valence-electron chi connectivity index (χ0n) is 10.8. The van der Waals surface area contributed by atoms with Crippen LogP contribution in [0.5, 0.6) is 0 Å². The van der Waals surface area contributed by atoms with Gasteiger partial charge in [-0.2, -0.15) is 16.3 Å². The number of rotatable bonds is 4. The second-order valence-electron chi connectivity index (χ2n) is 5.00. The van der Waals surface area contributed by atoms with Crippen molar-refractivity contribution in [3.63, 3.8) is 0 Å². The van der Waals surface area contributed by atoms with E-state index in [1.165, 1.54) is 12.8 Å². The summed E-state index contributed by atoms with van der Waals surface area (Å²) in [7, 11) is 0. The van der Waals surface area contributed by atoms with E-state index in [1.807, 2.05) is 16.8 Å². The molecule has 1 atom stereocenters. The molecule has 0 spiro atoms. The van der Waals surface area contributed by atoms with Gasteiger partial charge in [-0.25, -0.2) is 0 Å². The minimum atomic E-state index is 0.605. The van der Waals surface area contributed by atoms with E-state index in [4.69, 9.17) is 10.3 Å². The van der Waals surface area contributed by atoms with Crippen LogP contribution in [0.15, 0.2) is 21.3 Å². The van der Waals surface area contributed by atoms with Crippen LogP contribution >= 0.6 is 11.3 Å². The molecule has 1 fully saturated rings. The van der Waals surface area contributed by atoms with Crippen LogP contribution in [0.2, 0.25) is 0 Å². The van der Waals surface area contributed by atoms with Gasteiger partial charge in [0.15, 0.2) is 0 Å². The van der Waals surface area contributed by atoms with Gasteiger partial charge in [-0.1, -0.05) is 5.16 Å². The lowest BCUT2D eigenvalue weighted by Crippen LogP contribution is -2.37. The number of hydrogen-bond donors (Lipinski definition) is 1. The maximum Gasteiger partial charge on any atom is 0.241 e. The van der Waals surface area contributed by atoms with Crippen molar-refractivity contribution in [2.45, 2.75) is 19.4 Å². The highest BCUT2D eigenvalue weighted by Gasteiger charge is 2.20. The van der Waals surface area contributed by atoms with Gasteiger partial charge in [0.2, 0.25) is 11.7 Å². The van der Waals surface area contributed by atoms with Gasteiger partial charge in [-0.05, 0) is 43.3 Å². The Morgan fingerprint density at radius 1 is 1.53 bits per heavy atom. The summed E-state index contributed by atoms with van der Waals surface area (Å²) in [4.78, 5) is 6.81. The number of likely N-dealkylation sites (tertiary alicyclic amines) is 1. The van der Waals surface area contributed by atoms with E-state index in [9.17, 15) is 0 Å². The smallest absolute Gasteiger partial charge is 0.241 e. The summed E-state index contributed by atoms with van der Waals surface area (Å²) in [5.41, 5.74) is 6.78. The summed E-state index contributed by atoms with van der Waals surface area (Å²) in [6.45, 7) is 3.62. The van der Waals surface area contributed by atoms with Gasteiger partial charge in [0, 0.05) is 17.5 Å². The van der Waals surface area contributed by atoms with Gasteiger partial charge in [0.05, 0.1) is 6.54 Å². The van der Waals surface area contributed by atoms with Crippen LogP contribution in [-0.2, 0) is 6.54 Å². The molecule has 0 amide bonds.